The monoisotopic (exact) mass is 619 g/mol. The molecule has 2 aromatic carbocycles. The van der Waals surface area contributed by atoms with Crippen molar-refractivity contribution in [2.75, 3.05) is 20.2 Å². The number of carboxylic acid groups (broad SMARTS) is 1. The maximum Gasteiger partial charge on any atom is 0.416 e. The number of nitrogens with one attached hydrogen (secondary N) is 2. The minimum absolute atomic E-state index is 0.0323. The minimum Gasteiger partial charge on any atom is -0.505 e. The summed E-state index contributed by atoms with van der Waals surface area (Å²) in [4.78, 5) is 26.6. The van der Waals surface area contributed by atoms with Crippen LogP contribution < -0.4 is 10.6 Å². The average molecular weight is 620 g/mol. The van der Waals surface area contributed by atoms with E-state index in [4.69, 9.17) is 4.74 Å². The van der Waals surface area contributed by atoms with Crippen LogP contribution in [0.5, 0.6) is 0 Å². The molecule has 0 unspecified atom stereocenters. The van der Waals surface area contributed by atoms with Crippen LogP contribution >= 0.6 is 0 Å². The van der Waals surface area contributed by atoms with Gasteiger partial charge in [0.25, 0.3) is 0 Å². The number of urea groups is 1. The van der Waals surface area contributed by atoms with Gasteiger partial charge in [-0.25, -0.2) is 14.0 Å². The number of halogens is 7. The summed E-state index contributed by atoms with van der Waals surface area (Å²) >= 11 is 0. The smallest absolute Gasteiger partial charge is 0.416 e. The topological polar surface area (TPSA) is 90.9 Å². The number of alkyl halides is 6. The van der Waals surface area contributed by atoms with Gasteiger partial charge in [0, 0.05) is 13.1 Å². The number of likely N-dealkylation sites (tertiary alicyclic amines) is 1. The first-order valence-corrected chi connectivity index (χ1v) is 13.2. The Bertz CT molecular complexity index is 1310. The number of carbonyl (C=O) groups excluding carboxylic acids is 1. The Morgan fingerprint density at radius 2 is 1.74 bits per heavy atom. The molecule has 0 spiro atoms. The molecule has 1 saturated heterocycles. The van der Waals surface area contributed by atoms with Crippen LogP contribution in [-0.2, 0) is 17.1 Å². The second kappa shape index (κ2) is 13.1. The van der Waals surface area contributed by atoms with Gasteiger partial charge in [-0.05, 0) is 85.2 Å². The summed E-state index contributed by atoms with van der Waals surface area (Å²) in [7, 11) is 1.43. The molecule has 0 radical (unpaired) electrons. The highest BCUT2D eigenvalue weighted by atomic mass is 19.4. The number of piperidine rings is 1. The normalized spacial score (nSPS) is 20.1. The van der Waals surface area contributed by atoms with Crippen molar-refractivity contribution in [1.29, 1.82) is 0 Å². The minimum atomic E-state index is -5.01. The molecule has 7 nitrogen and oxygen atoms in total. The van der Waals surface area contributed by atoms with Crippen molar-refractivity contribution in [3.63, 3.8) is 0 Å². The van der Waals surface area contributed by atoms with Gasteiger partial charge < -0.3 is 25.4 Å². The number of nitrogens with zero attached hydrogens (tertiary/aromatic N) is 1. The Morgan fingerprint density at radius 3 is 2.28 bits per heavy atom. The molecule has 3 N–H and O–H groups in total. The van der Waals surface area contributed by atoms with Gasteiger partial charge in [0.1, 0.15) is 5.82 Å². The second-order valence-corrected chi connectivity index (χ2v) is 10.6. The van der Waals surface area contributed by atoms with Gasteiger partial charge in [0.2, 0.25) is 0 Å². The van der Waals surface area contributed by atoms with E-state index in [1.54, 1.807) is 13.0 Å². The summed E-state index contributed by atoms with van der Waals surface area (Å²) in [6.07, 6.45) is -7.81. The molecule has 1 aliphatic heterocycles. The van der Waals surface area contributed by atoms with Crippen molar-refractivity contribution >= 4 is 12.1 Å². The van der Waals surface area contributed by atoms with E-state index in [2.05, 4.69) is 10.6 Å². The lowest BCUT2D eigenvalue weighted by Crippen LogP contribution is -2.58. The highest BCUT2D eigenvalue weighted by molar-refractivity contribution is 5.75. The number of amides is 3. The zero-order valence-electron chi connectivity index (χ0n) is 23.6. The van der Waals surface area contributed by atoms with Crippen molar-refractivity contribution in [2.45, 2.75) is 63.0 Å². The predicted octanol–water partition coefficient (Wildman–Crippen LogP) is 7.38. The van der Waals surface area contributed by atoms with Crippen LogP contribution in [0.3, 0.4) is 0 Å². The van der Waals surface area contributed by atoms with E-state index < -0.39 is 58.9 Å². The number of benzene rings is 2. The van der Waals surface area contributed by atoms with Crippen LogP contribution in [-0.4, -0.2) is 47.9 Å². The largest absolute Gasteiger partial charge is 0.505 e. The number of carbonyl (C=O) groups is 2. The lowest BCUT2D eigenvalue weighted by Gasteiger charge is -2.46. The Morgan fingerprint density at radius 1 is 1.12 bits per heavy atom. The Hall–Kier alpha value is -3.97. The molecule has 3 atom stereocenters. The summed E-state index contributed by atoms with van der Waals surface area (Å²) in [5.74, 6) is -1.45. The Balaban J connectivity index is 1.90. The molecule has 0 saturated carbocycles. The molecule has 2 aromatic rings. The van der Waals surface area contributed by atoms with E-state index in [0.29, 0.717) is 23.3 Å². The van der Waals surface area contributed by atoms with E-state index >= 15 is 0 Å². The second-order valence-electron chi connectivity index (χ2n) is 10.6. The van der Waals surface area contributed by atoms with Crippen LogP contribution in [0.25, 0.3) is 0 Å². The Labute approximate surface area is 243 Å². The lowest BCUT2D eigenvalue weighted by atomic mass is 9.77. The third-order valence-corrected chi connectivity index (χ3v) is 7.49. The van der Waals surface area contributed by atoms with Crippen LogP contribution in [0.1, 0.15) is 66.0 Å². The summed E-state index contributed by atoms with van der Waals surface area (Å²) in [5, 5.41) is 14.7. The van der Waals surface area contributed by atoms with E-state index in [1.165, 1.54) is 43.4 Å². The summed E-state index contributed by atoms with van der Waals surface area (Å²) < 4.78 is 98.9. The summed E-state index contributed by atoms with van der Waals surface area (Å²) in [6.45, 7) is 2.76. The van der Waals surface area contributed by atoms with Crippen molar-refractivity contribution in [2.24, 2.45) is 0 Å². The Kier molecular flexibility index (Phi) is 10.2. The number of rotatable bonds is 8. The van der Waals surface area contributed by atoms with Crippen LogP contribution in [0.2, 0.25) is 0 Å². The fourth-order valence-corrected chi connectivity index (χ4v) is 5.28. The van der Waals surface area contributed by atoms with Gasteiger partial charge in [0.05, 0.1) is 36.1 Å². The third kappa shape index (κ3) is 8.54. The molecule has 1 aliphatic rings. The zero-order valence-corrected chi connectivity index (χ0v) is 23.6. The highest BCUT2D eigenvalue weighted by Gasteiger charge is 2.43. The van der Waals surface area contributed by atoms with Crippen molar-refractivity contribution in [3.05, 3.63) is 82.4 Å². The molecule has 1 fully saturated rings. The first-order valence-electron chi connectivity index (χ1n) is 13.2. The predicted molar refractivity (Wildman–Crippen MR) is 143 cm³/mol. The van der Waals surface area contributed by atoms with Crippen molar-refractivity contribution in [1.82, 2.24) is 15.5 Å². The molecule has 0 bridgehead atoms. The van der Waals surface area contributed by atoms with Crippen molar-refractivity contribution in [3.8, 4) is 0 Å². The van der Waals surface area contributed by atoms with Gasteiger partial charge in [-0.1, -0.05) is 13.0 Å². The zero-order chi connectivity index (χ0) is 32.2. The fourth-order valence-electron chi connectivity index (χ4n) is 5.28. The SMILES string of the molecule is CO/C=C\C[C@]1(NC(=O)O)CCN(C(=O)NC[C@H](C)c2cc(C(F)(F)F)cc(C(F)(F)F)c2)[C@@H](c2ccc(F)cc2C)C1. The van der Waals surface area contributed by atoms with Crippen molar-refractivity contribution < 1.29 is 50.2 Å². The molecule has 14 heteroatoms. The molecule has 3 amide bonds. The lowest BCUT2D eigenvalue weighted by molar-refractivity contribution is -0.143. The standard InChI is InChI=1S/C29H32F7N3O4/c1-17-11-22(30)5-6-23(17)24-15-27(38-26(41)42,7-4-10-43-3)8-9-39(24)25(40)37-16-18(2)19-12-20(28(31,32)33)14-21(13-19)29(34,35)36/h4-6,10-14,18,24,38H,7-9,15-16H2,1-3H3,(H,37,40)(H,41,42)/b10-4-/t18-,24+,27-/m0/s1. The highest BCUT2D eigenvalue weighted by Crippen LogP contribution is 2.41. The molecule has 236 valence electrons. The quantitative estimate of drug-likeness (QED) is 0.213. The third-order valence-electron chi connectivity index (χ3n) is 7.49. The van der Waals surface area contributed by atoms with E-state index in [1.807, 2.05) is 0 Å². The molecule has 0 aromatic heterocycles. The first kappa shape index (κ1) is 33.5. The van der Waals surface area contributed by atoms with Gasteiger partial charge in [-0.15, -0.1) is 0 Å². The first-order chi connectivity index (χ1) is 20.0. The van der Waals surface area contributed by atoms with Crippen LogP contribution in [0, 0.1) is 12.7 Å². The summed E-state index contributed by atoms with van der Waals surface area (Å²) in [6, 6.07) is 3.83. The molecule has 1 heterocycles. The molecule has 43 heavy (non-hydrogen) atoms. The number of methoxy groups -OCH3 is 1. The summed E-state index contributed by atoms with van der Waals surface area (Å²) in [5.41, 5.74) is -3.15. The number of hydrogen-bond acceptors (Lipinski definition) is 3. The van der Waals surface area contributed by atoms with Crippen LogP contribution in [0.15, 0.2) is 48.7 Å². The molecule has 3 rings (SSSR count). The molecular formula is C29H32F7N3O4. The van der Waals surface area contributed by atoms with Gasteiger partial charge in [-0.3, -0.25) is 0 Å². The number of ether oxygens (including phenoxy) is 1. The molecular weight excluding hydrogens is 587 g/mol. The number of aryl methyl sites for hydroxylation is 1. The maximum absolute atomic E-state index is 13.9. The van der Waals surface area contributed by atoms with E-state index in [-0.39, 0.29) is 44.0 Å². The van der Waals surface area contributed by atoms with E-state index in [0.717, 1.165) is 0 Å². The van der Waals surface area contributed by atoms with Gasteiger partial charge >= 0.3 is 24.5 Å². The van der Waals surface area contributed by atoms with E-state index in [9.17, 15) is 45.4 Å². The van der Waals surface area contributed by atoms with Gasteiger partial charge in [0.15, 0.2) is 0 Å². The van der Waals surface area contributed by atoms with Gasteiger partial charge in [-0.2, -0.15) is 26.3 Å². The fraction of sp³-hybridized carbons (Fsp3) is 0.448. The average Bonchev–Trinajstić information content (AvgIpc) is 2.90. The number of hydrogen-bond donors (Lipinski definition) is 3. The maximum atomic E-state index is 13.9. The molecule has 0 aliphatic carbocycles. The van der Waals surface area contributed by atoms with Crippen LogP contribution in [0.4, 0.5) is 40.3 Å².